The van der Waals surface area contributed by atoms with Gasteiger partial charge in [-0.3, -0.25) is 9.80 Å². The average Bonchev–Trinajstić information content (AvgIpc) is 3.67. The lowest BCUT2D eigenvalue weighted by atomic mass is 9.92. The lowest BCUT2D eigenvalue weighted by Gasteiger charge is -2.31. The molecule has 0 aliphatic carbocycles. The van der Waals surface area contributed by atoms with Gasteiger partial charge in [0.2, 0.25) is 5.45 Å². The number of rotatable bonds is 8. The van der Waals surface area contributed by atoms with Gasteiger partial charge in [-0.15, -0.1) is 0 Å². The number of fused-ring (bicyclic) bond motifs is 2. The molecular formula is C43H50N4PSi+. The van der Waals surface area contributed by atoms with E-state index in [2.05, 4.69) is 196 Å². The molecule has 0 radical (unpaired) electrons. The Balaban J connectivity index is 1.61. The van der Waals surface area contributed by atoms with Gasteiger partial charge in [0, 0.05) is 23.5 Å². The third-order valence-electron chi connectivity index (χ3n) is 10.2. The summed E-state index contributed by atoms with van der Waals surface area (Å²) in [6.45, 7) is 19.4. The Hall–Kier alpha value is -4.18. The number of nitrogens with zero attached hydrogens (tertiary/aromatic N) is 4. The number of aromatic nitrogens is 2. The summed E-state index contributed by atoms with van der Waals surface area (Å²) in [5, 5.41) is 2.85. The lowest BCUT2D eigenvalue weighted by molar-refractivity contribution is -0.692. The van der Waals surface area contributed by atoms with Crippen molar-refractivity contribution in [3.05, 3.63) is 144 Å². The zero-order valence-corrected chi connectivity index (χ0v) is 32.2. The maximum atomic E-state index is 2.61. The smallest absolute Gasteiger partial charge is 0.298 e. The summed E-state index contributed by atoms with van der Waals surface area (Å²) in [5.74, 6) is 1.59. The normalized spacial score (nSPS) is 15.6. The summed E-state index contributed by atoms with van der Waals surface area (Å²) in [6, 6.07) is 36.8. The molecule has 49 heavy (non-hydrogen) atoms. The fraction of sp³-hybridized carbons (Fsp3) is 0.302. The molecule has 0 fully saturated rings. The van der Waals surface area contributed by atoms with Gasteiger partial charge in [0.25, 0.3) is 0 Å². The van der Waals surface area contributed by atoms with E-state index in [1.54, 1.807) is 0 Å². The first-order valence-electron chi connectivity index (χ1n) is 18.0. The van der Waals surface area contributed by atoms with Crippen molar-refractivity contribution < 1.29 is 4.57 Å². The van der Waals surface area contributed by atoms with E-state index in [0.717, 1.165) is 6.67 Å². The quantitative estimate of drug-likeness (QED) is 0.0927. The summed E-state index contributed by atoms with van der Waals surface area (Å²) in [4.78, 5) is 5.06. The fourth-order valence-corrected chi connectivity index (χ4v) is 16.6. The van der Waals surface area contributed by atoms with Crippen LogP contribution in [0.5, 0.6) is 0 Å². The lowest BCUT2D eigenvalue weighted by Crippen LogP contribution is -2.73. The molecule has 2 aliphatic heterocycles. The summed E-state index contributed by atoms with van der Waals surface area (Å²) in [6.07, 6.45) is 9.36. The number of anilines is 1. The van der Waals surface area contributed by atoms with E-state index in [4.69, 9.17) is 0 Å². The Morgan fingerprint density at radius 3 is 1.51 bits per heavy atom. The first-order valence-corrected chi connectivity index (χ1v) is 21.7. The molecule has 0 amide bonds. The van der Waals surface area contributed by atoms with Crippen LogP contribution in [0.15, 0.2) is 122 Å². The molecule has 4 aromatic carbocycles. The molecule has 0 N–H and O–H groups in total. The molecule has 0 atom stereocenters. The SMILES string of the molecule is CC(C)c1cccc(C(C)C)c1N1C=CN2C[n+]3ccn(-c4c(C(C)C)cccc4C(C)C)c3[Si](c3ccccc3)(c3ccccc3)P=C21. The minimum absolute atomic E-state index is 0.391. The van der Waals surface area contributed by atoms with E-state index in [0.29, 0.717) is 23.7 Å². The van der Waals surface area contributed by atoms with Crippen LogP contribution in [-0.4, -0.2) is 22.7 Å². The summed E-state index contributed by atoms with van der Waals surface area (Å²) < 4.78 is 5.18. The van der Waals surface area contributed by atoms with Crippen LogP contribution in [0.2, 0.25) is 0 Å². The van der Waals surface area contributed by atoms with Crippen LogP contribution >= 0.6 is 7.75 Å². The van der Waals surface area contributed by atoms with Gasteiger partial charge in [0.05, 0.1) is 5.69 Å². The molecule has 0 spiro atoms. The fourth-order valence-electron chi connectivity index (χ4n) is 7.78. The van der Waals surface area contributed by atoms with Crippen LogP contribution in [-0.2, 0) is 6.67 Å². The molecule has 4 nitrogen and oxygen atoms in total. The van der Waals surface area contributed by atoms with Gasteiger partial charge in [-0.2, -0.15) is 0 Å². The summed E-state index contributed by atoms with van der Waals surface area (Å²) in [7, 11) is -1.48. The molecule has 5 aromatic rings. The van der Waals surface area contributed by atoms with E-state index in [9.17, 15) is 0 Å². The highest BCUT2D eigenvalue weighted by Crippen LogP contribution is 2.40. The van der Waals surface area contributed by atoms with Gasteiger partial charge in [-0.05, 0) is 45.2 Å². The van der Waals surface area contributed by atoms with E-state index < -0.39 is 7.74 Å². The van der Waals surface area contributed by atoms with Crippen molar-refractivity contribution in [2.45, 2.75) is 85.7 Å². The van der Waals surface area contributed by atoms with Crippen LogP contribution in [0.1, 0.15) is 101 Å². The van der Waals surface area contributed by atoms with Gasteiger partial charge in [0.15, 0.2) is 6.67 Å². The van der Waals surface area contributed by atoms with E-state index in [-0.39, 0.29) is 0 Å². The van der Waals surface area contributed by atoms with Crippen molar-refractivity contribution in [2.24, 2.45) is 0 Å². The topological polar surface area (TPSA) is 15.3 Å². The third-order valence-corrected chi connectivity index (χ3v) is 18.5. The minimum atomic E-state index is -2.81. The van der Waals surface area contributed by atoms with Crippen LogP contribution in [0.25, 0.3) is 5.69 Å². The number of imidazole rings is 1. The number of hydrogen-bond acceptors (Lipinski definition) is 2. The van der Waals surface area contributed by atoms with E-state index >= 15 is 0 Å². The van der Waals surface area contributed by atoms with Crippen LogP contribution < -0.4 is 25.3 Å². The molecule has 0 saturated heterocycles. The molecule has 1 aromatic heterocycles. The first-order chi connectivity index (χ1) is 23.6. The van der Waals surface area contributed by atoms with Gasteiger partial charge >= 0.3 is 7.74 Å². The Labute approximate surface area is 296 Å². The van der Waals surface area contributed by atoms with Crippen molar-refractivity contribution in [3.63, 3.8) is 0 Å². The van der Waals surface area contributed by atoms with Crippen LogP contribution in [0, 0.1) is 0 Å². The molecule has 0 saturated carbocycles. The van der Waals surface area contributed by atoms with Crippen LogP contribution in [0.4, 0.5) is 5.69 Å². The highest BCUT2D eigenvalue weighted by Gasteiger charge is 2.53. The van der Waals surface area contributed by atoms with Gasteiger partial charge < -0.3 is 0 Å². The number of hydrogen-bond donors (Lipinski definition) is 0. The molecule has 7 rings (SSSR count). The van der Waals surface area contributed by atoms with Gasteiger partial charge in [-0.25, -0.2) is 9.13 Å². The molecule has 2 aliphatic rings. The zero-order chi connectivity index (χ0) is 34.4. The zero-order valence-electron chi connectivity index (χ0n) is 30.3. The molecule has 3 heterocycles. The number of benzene rings is 4. The average molecular weight is 682 g/mol. The summed E-state index contributed by atoms with van der Waals surface area (Å²) >= 11 is 0. The Morgan fingerprint density at radius 2 is 1.04 bits per heavy atom. The highest BCUT2D eigenvalue weighted by atomic mass is 31.3. The van der Waals surface area contributed by atoms with Crippen molar-refractivity contribution in [2.75, 3.05) is 4.90 Å². The molecule has 6 heteroatoms. The van der Waals surface area contributed by atoms with Crippen LogP contribution in [0.3, 0.4) is 0 Å². The molecule has 0 unspecified atom stereocenters. The predicted octanol–water partition coefficient (Wildman–Crippen LogP) is 8.52. The molecular weight excluding hydrogens is 632 g/mol. The Morgan fingerprint density at radius 1 is 0.571 bits per heavy atom. The largest absolute Gasteiger partial charge is 0.308 e. The highest BCUT2D eigenvalue weighted by molar-refractivity contribution is 7.89. The molecule has 250 valence electrons. The van der Waals surface area contributed by atoms with Gasteiger partial charge in [0.1, 0.15) is 23.6 Å². The summed E-state index contributed by atoms with van der Waals surface area (Å²) in [5.41, 5.74) is 11.1. The van der Waals surface area contributed by atoms with Crippen molar-refractivity contribution >= 4 is 42.5 Å². The van der Waals surface area contributed by atoms with E-state index in [1.807, 2.05) is 0 Å². The van der Waals surface area contributed by atoms with Crippen molar-refractivity contribution in [1.29, 1.82) is 0 Å². The monoisotopic (exact) mass is 681 g/mol. The maximum Gasteiger partial charge on any atom is 0.308 e. The minimum Gasteiger partial charge on any atom is -0.298 e. The second-order valence-corrected chi connectivity index (χ2v) is 21.1. The van der Waals surface area contributed by atoms with Crippen molar-refractivity contribution in [3.8, 4) is 5.69 Å². The second kappa shape index (κ2) is 13.3. The maximum absolute atomic E-state index is 2.81. The van der Waals surface area contributed by atoms with Gasteiger partial charge in [-0.1, -0.05) is 160 Å². The Bertz CT molecular complexity index is 1930. The second-order valence-electron chi connectivity index (χ2n) is 14.8. The van der Waals surface area contributed by atoms with E-state index in [1.165, 1.54) is 62.7 Å². The third kappa shape index (κ3) is 5.61. The Kier molecular flexibility index (Phi) is 9.02. The standard InChI is InChI=1S/C43H50N4PSi/c1-30(2)36-21-15-22-37(31(3)4)40(36)46-27-25-44-29-45-26-28-47(41-38(32(5)6)23-16-24-39(41)33(7)8)43(45)49(48-42(44)46,34-17-11-9-12-18-34)35-19-13-10-14-20-35/h9-28,30-33H,29H2,1-8H3/q+1. The first kappa shape index (κ1) is 33.3. The molecule has 0 bridgehead atoms. The van der Waals surface area contributed by atoms with Crippen molar-refractivity contribution in [1.82, 2.24) is 9.47 Å². The predicted molar refractivity (Wildman–Crippen MR) is 212 cm³/mol. The number of para-hydroxylation sites is 2.